The molecule has 0 aliphatic carbocycles. The van der Waals surface area contributed by atoms with Crippen LogP contribution in [0.1, 0.15) is 64.4 Å². The van der Waals surface area contributed by atoms with Crippen molar-refractivity contribution in [1.82, 2.24) is 9.55 Å². The molecule has 0 saturated carbocycles. The number of carbonyl (C=O) groups is 1. The summed E-state index contributed by atoms with van der Waals surface area (Å²) in [6, 6.07) is 12.6. The molecule has 4 aromatic rings. The van der Waals surface area contributed by atoms with Gasteiger partial charge in [-0.15, -0.1) is 0 Å². The van der Waals surface area contributed by atoms with Crippen LogP contribution in [0.25, 0.3) is 22.0 Å². The minimum absolute atomic E-state index is 0.0329. The Morgan fingerprint density at radius 2 is 1.86 bits per heavy atom. The Morgan fingerprint density at radius 3 is 2.52 bits per heavy atom. The first-order valence-corrected chi connectivity index (χ1v) is 15.7. The van der Waals surface area contributed by atoms with E-state index in [9.17, 15) is 13.2 Å². The number of esters is 1. The molecule has 0 saturated heterocycles. The third-order valence-electron chi connectivity index (χ3n) is 7.06. The van der Waals surface area contributed by atoms with Crippen molar-refractivity contribution in [2.75, 3.05) is 13.7 Å². The van der Waals surface area contributed by atoms with Gasteiger partial charge in [-0.1, -0.05) is 6.07 Å². The molecule has 4 rings (SSSR count). The predicted octanol–water partition coefficient (Wildman–Crippen LogP) is 6.66. The molecule has 0 aliphatic rings. The molecule has 0 fully saturated rings. The quantitative estimate of drug-likeness (QED) is 0.136. The largest absolute Gasteiger partial charge is 0.497 e. The van der Waals surface area contributed by atoms with Crippen LogP contribution < -0.4 is 9.47 Å². The highest BCUT2D eigenvalue weighted by molar-refractivity contribution is 7.91. The average molecular weight is 624 g/mol. The van der Waals surface area contributed by atoms with E-state index >= 15 is 4.39 Å². The van der Waals surface area contributed by atoms with E-state index in [1.165, 1.54) is 27.0 Å². The fourth-order valence-electron chi connectivity index (χ4n) is 4.58. The van der Waals surface area contributed by atoms with Gasteiger partial charge in [0.25, 0.3) is 10.0 Å². The third-order valence-corrected chi connectivity index (χ3v) is 8.99. The van der Waals surface area contributed by atoms with Crippen molar-refractivity contribution in [2.45, 2.75) is 65.4 Å². The highest BCUT2D eigenvalue weighted by atomic mass is 32.2. The van der Waals surface area contributed by atoms with Crippen molar-refractivity contribution in [2.24, 2.45) is 4.40 Å². The fraction of sp³-hybridized carbons (Fsp3) is 0.364. The van der Waals surface area contributed by atoms with Crippen molar-refractivity contribution in [3.63, 3.8) is 0 Å². The van der Waals surface area contributed by atoms with E-state index < -0.39 is 20.6 Å². The van der Waals surface area contributed by atoms with Gasteiger partial charge in [-0.05, 0) is 83.0 Å². The number of rotatable bonds is 11. The van der Waals surface area contributed by atoms with E-state index in [2.05, 4.69) is 27.8 Å². The molecule has 2 heterocycles. The lowest BCUT2D eigenvalue weighted by molar-refractivity contribution is -0.142. The lowest BCUT2D eigenvalue weighted by Gasteiger charge is -2.16. The Bertz CT molecular complexity index is 1810. The second kappa shape index (κ2) is 13.2. The van der Waals surface area contributed by atoms with Gasteiger partial charge in [0.2, 0.25) is 0 Å². The predicted molar refractivity (Wildman–Crippen MR) is 169 cm³/mol. The highest BCUT2D eigenvalue weighted by Gasteiger charge is 2.28. The summed E-state index contributed by atoms with van der Waals surface area (Å²) in [6.45, 7) is 10.8. The maximum absolute atomic E-state index is 16.0. The molecule has 0 aliphatic heterocycles. The number of nitrogens with zero attached hydrogens (tertiary/aromatic N) is 3. The third kappa shape index (κ3) is 7.10. The number of ether oxygens (including phenoxy) is 3. The number of sulfonamides is 1. The number of halogens is 1. The van der Waals surface area contributed by atoms with Crippen molar-refractivity contribution in [3.05, 3.63) is 77.5 Å². The SMILES string of the molecule is CCOC(=O)Cc1ccc(OC)cc1OCc1cc(-c2ccnc(C=NS(=O)(=O)C(C)(C)C)c2F)c2ccn(C(C)C)c2c1. The number of hydrogen-bond donors (Lipinski definition) is 0. The molecule has 44 heavy (non-hydrogen) atoms. The molecular weight excluding hydrogens is 585 g/mol. The topological polar surface area (TPSA) is 109 Å². The van der Waals surface area contributed by atoms with Crippen LogP contribution in [0.3, 0.4) is 0 Å². The molecule has 0 spiro atoms. The van der Waals surface area contributed by atoms with Crippen LogP contribution in [0.2, 0.25) is 0 Å². The standard InChI is InChI=1S/C33H38FN3O6S/c1-8-42-31(38)17-23-9-10-24(41-7)18-30(23)43-20-22-15-27(25-12-14-37(21(2)3)29(25)16-22)26-11-13-35-28(32(26)34)19-36-44(39,40)33(4,5)6/h9-16,18-19,21H,8,17,20H2,1-7H3. The van der Waals surface area contributed by atoms with Crippen molar-refractivity contribution < 1.29 is 31.8 Å². The lowest BCUT2D eigenvalue weighted by atomic mass is 9.98. The normalized spacial score (nSPS) is 12.3. The van der Waals surface area contributed by atoms with E-state index in [0.717, 1.165) is 22.7 Å². The molecule has 0 radical (unpaired) electrons. The molecule has 234 valence electrons. The smallest absolute Gasteiger partial charge is 0.310 e. The zero-order valence-electron chi connectivity index (χ0n) is 26.0. The van der Waals surface area contributed by atoms with E-state index in [-0.39, 0.29) is 42.9 Å². The molecule has 0 N–H and O–H groups in total. The Morgan fingerprint density at radius 1 is 1.11 bits per heavy atom. The van der Waals surface area contributed by atoms with Crippen LogP contribution in [-0.2, 0) is 32.6 Å². The summed E-state index contributed by atoms with van der Waals surface area (Å²) >= 11 is 0. The van der Waals surface area contributed by atoms with Gasteiger partial charge in [0, 0.05) is 46.5 Å². The highest BCUT2D eigenvalue weighted by Crippen LogP contribution is 2.35. The van der Waals surface area contributed by atoms with E-state index in [1.807, 2.05) is 24.4 Å². The van der Waals surface area contributed by atoms with Crippen LogP contribution in [0.5, 0.6) is 11.5 Å². The van der Waals surface area contributed by atoms with E-state index in [0.29, 0.717) is 22.6 Å². The van der Waals surface area contributed by atoms with Crippen LogP contribution >= 0.6 is 0 Å². The van der Waals surface area contributed by atoms with Gasteiger partial charge >= 0.3 is 5.97 Å². The first-order valence-electron chi connectivity index (χ1n) is 14.3. The first kappa shape index (κ1) is 32.7. The van der Waals surface area contributed by atoms with Crippen LogP contribution in [0.4, 0.5) is 4.39 Å². The van der Waals surface area contributed by atoms with Gasteiger partial charge in [-0.25, -0.2) is 12.8 Å². The summed E-state index contributed by atoms with van der Waals surface area (Å²) < 4.78 is 62.4. The van der Waals surface area contributed by atoms with Gasteiger partial charge in [-0.2, -0.15) is 4.40 Å². The summed E-state index contributed by atoms with van der Waals surface area (Å²) in [7, 11) is -2.34. The van der Waals surface area contributed by atoms with Crippen LogP contribution in [0.15, 0.2) is 59.3 Å². The van der Waals surface area contributed by atoms with Crippen molar-refractivity contribution >= 4 is 33.1 Å². The Balaban J connectivity index is 1.78. The second-order valence-electron chi connectivity index (χ2n) is 11.5. The fourth-order valence-corrected chi connectivity index (χ4v) is 5.14. The van der Waals surface area contributed by atoms with Crippen molar-refractivity contribution in [3.8, 4) is 22.6 Å². The van der Waals surface area contributed by atoms with Crippen LogP contribution in [0, 0.1) is 5.82 Å². The lowest BCUT2D eigenvalue weighted by Crippen LogP contribution is -2.25. The molecule has 2 aromatic heterocycles. The zero-order valence-corrected chi connectivity index (χ0v) is 26.9. The maximum Gasteiger partial charge on any atom is 0.310 e. The Labute approximate surface area is 257 Å². The molecular formula is C33H38FN3O6S. The average Bonchev–Trinajstić information content (AvgIpc) is 3.40. The van der Waals surface area contributed by atoms with E-state index in [1.54, 1.807) is 38.3 Å². The zero-order chi connectivity index (χ0) is 32.2. The molecule has 11 heteroatoms. The molecule has 0 amide bonds. The number of fused-ring (bicyclic) bond motifs is 1. The number of hydrogen-bond acceptors (Lipinski definition) is 7. The summed E-state index contributed by atoms with van der Waals surface area (Å²) in [4.78, 5) is 16.3. The number of methoxy groups -OCH3 is 1. The monoisotopic (exact) mass is 623 g/mol. The Kier molecular flexibility index (Phi) is 9.78. The molecule has 0 unspecified atom stereocenters. The number of pyridine rings is 1. The maximum atomic E-state index is 16.0. The molecule has 2 aromatic carbocycles. The van der Waals surface area contributed by atoms with E-state index in [4.69, 9.17) is 14.2 Å². The molecule has 0 bridgehead atoms. The summed E-state index contributed by atoms with van der Waals surface area (Å²) in [5.41, 5.74) is 2.91. The Hall–Kier alpha value is -4.25. The van der Waals surface area contributed by atoms with Gasteiger partial charge < -0.3 is 18.8 Å². The van der Waals surface area contributed by atoms with Gasteiger partial charge in [-0.3, -0.25) is 9.78 Å². The minimum Gasteiger partial charge on any atom is -0.497 e. The summed E-state index contributed by atoms with van der Waals surface area (Å²) in [5, 5.41) is 0.808. The van der Waals surface area contributed by atoms with Gasteiger partial charge in [0.05, 0.1) is 31.1 Å². The summed E-state index contributed by atoms with van der Waals surface area (Å²) in [6.07, 6.45) is 4.36. The number of carbonyl (C=O) groups excluding carboxylic acids is 1. The summed E-state index contributed by atoms with van der Waals surface area (Å²) in [5.74, 6) is -0.0313. The molecule has 0 atom stereocenters. The molecule has 9 nitrogen and oxygen atoms in total. The van der Waals surface area contributed by atoms with Gasteiger partial charge in [0.1, 0.15) is 23.8 Å². The van der Waals surface area contributed by atoms with Crippen LogP contribution in [-0.4, -0.2) is 48.6 Å². The second-order valence-corrected chi connectivity index (χ2v) is 13.9. The number of aromatic nitrogens is 2. The number of benzene rings is 2. The minimum atomic E-state index is -3.89. The van der Waals surface area contributed by atoms with Gasteiger partial charge in [0.15, 0.2) is 5.82 Å². The first-order chi connectivity index (χ1) is 20.8. The van der Waals surface area contributed by atoms with Crippen molar-refractivity contribution in [1.29, 1.82) is 0 Å².